The van der Waals surface area contributed by atoms with Gasteiger partial charge in [-0.2, -0.15) is 0 Å². The van der Waals surface area contributed by atoms with Crippen LogP contribution in [0.25, 0.3) is 10.9 Å². The Balaban J connectivity index is 2.01. The molecule has 1 saturated carbocycles. The topological polar surface area (TPSA) is 54.3 Å². The summed E-state index contributed by atoms with van der Waals surface area (Å²) < 4.78 is 1.80. The number of carboxylic acids is 1. The Morgan fingerprint density at radius 2 is 2.10 bits per heavy atom. The van der Waals surface area contributed by atoms with E-state index in [2.05, 4.69) is 11.4 Å². The Morgan fingerprint density at radius 1 is 1.38 bits per heavy atom. The minimum Gasteiger partial charge on any atom is -0.477 e. The molecule has 1 fully saturated rings. The minimum atomic E-state index is -0.852. The lowest BCUT2D eigenvalue weighted by Gasteiger charge is -2.12. The lowest BCUT2D eigenvalue weighted by Crippen LogP contribution is -2.26. The number of hydrogen-bond donors (Lipinski definition) is 2. The van der Waals surface area contributed by atoms with Crippen molar-refractivity contribution >= 4 is 16.9 Å². The highest BCUT2D eigenvalue weighted by Gasteiger charge is 2.22. The third kappa shape index (κ3) is 2.56. The van der Waals surface area contributed by atoms with Crippen molar-refractivity contribution in [1.29, 1.82) is 0 Å². The first-order valence-corrected chi connectivity index (χ1v) is 7.62. The molecule has 3 rings (SSSR count). The van der Waals surface area contributed by atoms with Gasteiger partial charge in [0.2, 0.25) is 0 Å². The molecule has 0 aliphatic heterocycles. The smallest absolute Gasteiger partial charge is 0.352 e. The first-order chi connectivity index (χ1) is 10.1. The van der Waals surface area contributed by atoms with Crippen LogP contribution in [-0.4, -0.2) is 21.7 Å². The fourth-order valence-corrected chi connectivity index (χ4v) is 3.45. The molecule has 0 bridgehead atoms. The maximum Gasteiger partial charge on any atom is 0.352 e. The van der Waals surface area contributed by atoms with Crippen LogP contribution in [0.15, 0.2) is 18.2 Å². The third-order valence-electron chi connectivity index (χ3n) is 4.59. The van der Waals surface area contributed by atoms with Crippen LogP contribution >= 0.6 is 0 Å². The van der Waals surface area contributed by atoms with Gasteiger partial charge >= 0.3 is 5.97 Å². The quantitative estimate of drug-likeness (QED) is 0.907. The summed E-state index contributed by atoms with van der Waals surface area (Å²) in [6.07, 6.45) is 4.95. The maximum absolute atomic E-state index is 11.6. The molecule has 4 heteroatoms. The van der Waals surface area contributed by atoms with Gasteiger partial charge in [-0.3, -0.25) is 0 Å². The number of aromatic nitrogens is 1. The van der Waals surface area contributed by atoms with Gasteiger partial charge in [-0.05, 0) is 31.4 Å². The zero-order chi connectivity index (χ0) is 15.0. The molecule has 112 valence electrons. The standard InChI is InChI=1S/C17H22N2O2/c1-11-7-8-13-14(10-18-12-5-3-4-6-12)16(17(20)21)19(2)15(13)9-11/h7-9,12,18H,3-6,10H2,1-2H3,(H,20,21). The first kappa shape index (κ1) is 14.1. The van der Waals surface area contributed by atoms with Crippen molar-refractivity contribution in [3.8, 4) is 0 Å². The van der Waals surface area contributed by atoms with Gasteiger partial charge in [-0.1, -0.05) is 25.0 Å². The predicted molar refractivity (Wildman–Crippen MR) is 83.7 cm³/mol. The summed E-state index contributed by atoms with van der Waals surface area (Å²) in [5.41, 5.74) is 3.46. The van der Waals surface area contributed by atoms with E-state index in [0.29, 0.717) is 18.3 Å². The van der Waals surface area contributed by atoms with Gasteiger partial charge in [0.25, 0.3) is 0 Å². The van der Waals surface area contributed by atoms with E-state index in [9.17, 15) is 9.90 Å². The molecule has 1 heterocycles. The summed E-state index contributed by atoms with van der Waals surface area (Å²) in [5, 5.41) is 14.1. The second-order valence-corrected chi connectivity index (χ2v) is 6.07. The van der Waals surface area contributed by atoms with Gasteiger partial charge in [0.1, 0.15) is 5.69 Å². The monoisotopic (exact) mass is 286 g/mol. The molecule has 1 aliphatic rings. The molecule has 0 radical (unpaired) electrons. The van der Waals surface area contributed by atoms with Crippen LogP contribution in [0.4, 0.5) is 0 Å². The number of rotatable bonds is 4. The second kappa shape index (κ2) is 5.53. The number of aryl methyl sites for hydroxylation is 2. The van der Waals surface area contributed by atoms with Crippen molar-refractivity contribution < 1.29 is 9.90 Å². The Morgan fingerprint density at radius 3 is 2.76 bits per heavy atom. The van der Waals surface area contributed by atoms with E-state index in [4.69, 9.17) is 0 Å². The van der Waals surface area contributed by atoms with Crippen LogP contribution in [0.2, 0.25) is 0 Å². The predicted octanol–water partition coefficient (Wildman–Crippen LogP) is 3.22. The first-order valence-electron chi connectivity index (χ1n) is 7.62. The molecule has 0 amide bonds. The van der Waals surface area contributed by atoms with Crippen LogP contribution in [0.3, 0.4) is 0 Å². The van der Waals surface area contributed by atoms with Crippen molar-refractivity contribution in [2.45, 2.75) is 45.2 Å². The van der Waals surface area contributed by atoms with Gasteiger partial charge in [0.15, 0.2) is 0 Å². The highest BCUT2D eigenvalue weighted by Crippen LogP contribution is 2.27. The number of benzene rings is 1. The number of carbonyl (C=O) groups is 1. The number of hydrogen-bond acceptors (Lipinski definition) is 2. The molecule has 0 atom stereocenters. The zero-order valence-corrected chi connectivity index (χ0v) is 12.6. The Bertz CT molecular complexity index is 682. The molecule has 1 aromatic heterocycles. The molecular formula is C17H22N2O2. The van der Waals surface area contributed by atoms with Crippen LogP contribution < -0.4 is 5.32 Å². The molecule has 2 aromatic rings. The zero-order valence-electron chi connectivity index (χ0n) is 12.6. The highest BCUT2D eigenvalue weighted by atomic mass is 16.4. The van der Waals surface area contributed by atoms with Gasteiger partial charge in [-0.25, -0.2) is 4.79 Å². The highest BCUT2D eigenvalue weighted by molar-refractivity contribution is 5.98. The maximum atomic E-state index is 11.6. The average molecular weight is 286 g/mol. The van der Waals surface area contributed by atoms with E-state index in [1.54, 1.807) is 4.57 Å². The fourth-order valence-electron chi connectivity index (χ4n) is 3.45. The van der Waals surface area contributed by atoms with E-state index in [1.807, 2.05) is 26.1 Å². The Labute approximate surface area is 124 Å². The summed E-state index contributed by atoms with van der Waals surface area (Å²) in [6.45, 7) is 2.66. The molecule has 0 unspecified atom stereocenters. The molecule has 21 heavy (non-hydrogen) atoms. The number of nitrogens with zero attached hydrogens (tertiary/aromatic N) is 1. The lowest BCUT2D eigenvalue weighted by molar-refractivity contribution is 0.0685. The van der Waals surface area contributed by atoms with E-state index >= 15 is 0 Å². The van der Waals surface area contributed by atoms with E-state index in [0.717, 1.165) is 22.0 Å². The molecule has 0 saturated heterocycles. The summed E-state index contributed by atoms with van der Waals surface area (Å²) in [4.78, 5) is 11.6. The Hall–Kier alpha value is -1.81. The van der Waals surface area contributed by atoms with Crippen molar-refractivity contribution in [3.63, 3.8) is 0 Å². The summed E-state index contributed by atoms with van der Waals surface area (Å²) >= 11 is 0. The normalized spacial score (nSPS) is 15.9. The summed E-state index contributed by atoms with van der Waals surface area (Å²) in [5.74, 6) is -0.852. The van der Waals surface area contributed by atoms with Crippen LogP contribution in [0.5, 0.6) is 0 Å². The van der Waals surface area contributed by atoms with Gasteiger partial charge in [0.05, 0.1) is 0 Å². The molecular weight excluding hydrogens is 264 g/mol. The number of carboxylic acid groups (broad SMARTS) is 1. The number of fused-ring (bicyclic) bond motifs is 1. The van der Waals surface area contributed by atoms with Crippen molar-refractivity contribution in [3.05, 3.63) is 35.0 Å². The summed E-state index contributed by atoms with van der Waals surface area (Å²) in [7, 11) is 1.84. The average Bonchev–Trinajstić information content (AvgIpc) is 3.03. The lowest BCUT2D eigenvalue weighted by atomic mass is 10.1. The van der Waals surface area contributed by atoms with Crippen molar-refractivity contribution in [2.75, 3.05) is 0 Å². The largest absolute Gasteiger partial charge is 0.477 e. The number of aromatic carboxylic acids is 1. The van der Waals surface area contributed by atoms with E-state index < -0.39 is 5.97 Å². The molecule has 2 N–H and O–H groups in total. The Kier molecular flexibility index (Phi) is 3.72. The van der Waals surface area contributed by atoms with E-state index in [-0.39, 0.29) is 0 Å². The second-order valence-electron chi connectivity index (χ2n) is 6.07. The minimum absolute atomic E-state index is 0.404. The van der Waals surface area contributed by atoms with Crippen LogP contribution in [0.1, 0.15) is 47.3 Å². The molecule has 0 spiro atoms. The molecule has 1 aliphatic carbocycles. The third-order valence-corrected chi connectivity index (χ3v) is 4.59. The van der Waals surface area contributed by atoms with Crippen molar-refractivity contribution in [2.24, 2.45) is 7.05 Å². The van der Waals surface area contributed by atoms with Crippen LogP contribution in [0, 0.1) is 6.92 Å². The van der Waals surface area contributed by atoms with Crippen molar-refractivity contribution in [1.82, 2.24) is 9.88 Å². The van der Waals surface area contributed by atoms with Gasteiger partial charge < -0.3 is 15.0 Å². The fraction of sp³-hybridized carbons (Fsp3) is 0.471. The summed E-state index contributed by atoms with van der Waals surface area (Å²) in [6, 6.07) is 6.68. The van der Waals surface area contributed by atoms with Gasteiger partial charge in [-0.15, -0.1) is 0 Å². The molecule has 4 nitrogen and oxygen atoms in total. The number of nitrogens with one attached hydrogen (secondary N) is 1. The SMILES string of the molecule is Cc1ccc2c(CNC3CCCC3)c(C(=O)O)n(C)c2c1. The molecule has 1 aromatic carbocycles. The van der Waals surface area contributed by atoms with Gasteiger partial charge in [0, 0.05) is 36.1 Å². The van der Waals surface area contributed by atoms with E-state index in [1.165, 1.54) is 25.7 Å². The van der Waals surface area contributed by atoms with Crippen LogP contribution in [-0.2, 0) is 13.6 Å².